The van der Waals surface area contributed by atoms with Crippen LogP contribution in [0.15, 0.2) is 42.6 Å². The molecule has 0 spiro atoms. The van der Waals surface area contributed by atoms with Gasteiger partial charge in [-0.15, -0.1) is 0 Å². The number of nitrogens with one attached hydrogen (secondary N) is 2. The smallest absolute Gasteiger partial charge is 0.253 e. The van der Waals surface area contributed by atoms with Gasteiger partial charge >= 0.3 is 0 Å². The largest absolute Gasteiger partial charge is 0.365 e. The van der Waals surface area contributed by atoms with Crippen LogP contribution in [0.1, 0.15) is 34.5 Å². The van der Waals surface area contributed by atoms with Crippen molar-refractivity contribution in [1.29, 1.82) is 0 Å². The van der Waals surface area contributed by atoms with Gasteiger partial charge in [-0.05, 0) is 31.4 Å². The number of hydrogen-bond donors (Lipinski definition) is 2. The summed E-state index contributed by atoms with van der Waals surface area (Å²) in [5, 5.41) is 3.00. The Balaban J connectivity index is 1.54. The third-order valence-corrected chi connectivity index (χ3v) is 6.42. The molecule has 6 nitrogen and oxygen atoms in total. The highest BCUT2D eigenvalue weighted by Gasteiger charge is 2.29. The lowest BCUT2D eigenvalue weighted by atomic mass is 10.1. The summed E-state index contributed by atoms with van der Waals surface area (Å²) in [7, 11) is -3.32. The van der Waals surface area contributed by atoms with Crippen LogP contribution in [-0.4, -0.2) is 42.7 Å². The van der Waals surface area contributed by atoms with Gasteiger partial charge in [-0.1, -0.05) is 30.3 Å². The Bertz CT molecular complexity index is 822. The lowest BCUT2D eigenvalue weighted by Gasteiger charge is -2.31. The molecule has 0 aliphatic carbocycles. The highest BCUT2D eigenvalue weighted by Crippen LogP contribution is 2.18. The van der Waals surface area contributed by atoms with Gasteiger partial charge in [0.1, 0.15) is 0 Å². The minimum atomic E-state index is -3.32. The van der Waals surface area contributed by atoms with Crippen LogP contribution in [0.3, 0.4) is 0 Å². The second-order valence-electron chi connectivity index (χ2n) is 6.40. The zero-order valence-electron chi connectivity index (χ0n) is 14.2. The highest BCUT2D eigenvalue weighted by atomic mass is 32.2. The van der Waals surface area contributed by atoms with E-state index in [9.17, 15) is 13.2 Å². The number of carbonyl (C=O) groups excluding carboxylic acids is 1. The molecule has 1 amide bonds. The van der Waals surface area contributed by atoms with Crippen LogP contribution in [0, 0.1) is 6.92 Å². The number of benzene rings is 1. The fourth-order valence-electron chi connectivity index (χ4n) is 3.12. The van der Waals surface area contributed by atoms with Crippen molar-refractivity contribution in [2.45, 2.75) is 31.6 Å². The SMILES string of the molecule is Cc1[nH]ccc1C(=O)NC1CCN(S(=O)(=O)Cc2ccccc2)CC1. The predicted octanol–water partition coefficient (Wildman–Crippen LogP) is 2.05. The first-order chi connectivity index (χ1) is 12.0. The first kappa shape index (κ1) is 17.7. The molecule has 2 aromatic rings. The van der Waals surface area contributed by atoms with Gasteiger partial charge in [-0.3, -0.25) is 4.79 Å². The Morgan fingerprint density at radius 2 is 1.88 bits per heavy atom. The number of aryl methyl sites for hydroxylation is 1. The van der Waals surface area contributed by atoms with Crippen LogP contribution in [0.2, 0.25) is 0 Å². The van der Waals surface area contributed by atoms with Crippen molar-refractivity contribution in [1.82, 2.24) is 14.6 Å². The van der Waals surface area contributed by atoms with Crippen LogP contribution in [0.4, 0.5) is 0 Å². The van der Waals surface area contributed by atoms with Gasteiger partial charge in [-0.25, -0.2) is 12.7 Å². The number of aromatic amines is 1. The van der Waals surface area contributed by atoms with Crippen molar-refractivity contribution < 1.29 is 13.2 Å². The average Bonchev–Trinajstić information content (AvgIpc) is 3.02. The predicted molar refractivity (Wildman–Crippen MR) is 96.7 cm³/mol. The van der Waals surface area contributed by atoms with Crippen LogP contribution in [0.25, 0.3) is 0 Å². The van der Waals surface area contributed by atoms with E-state index in [-0.39, 0.29) is 17.7 Å². The fraction of sp³-hybridized carbons (Fsp3) is 0.389. The van der Waals surface area contributed by atoms with Crippen molar-refractivity contribution >= 4 is 15.9 Å². The van der Waals surface area contributed by atoms with E-state index in [1.165, 1.54) is 4.31 Å². The second kappa shape index (κ2) is 7.41. The number of piperidine rings is 1. The van der Waals surface area contributed by atoms with E-state index in [1.807, 2.05) is 37.3 Å². The van der Waals surface area contributed by atoms with Gasteiger partial charge in [0.2, 0.25) is 10.0 Å². The Morgan fingerprint density at radius 3 is 2.48 bits per heavy atom. The van der Waals surface area contributed by atoms with E-state index in [1.54, 1.807) is 12.3 Å². The lowest BCUT2D eigenvalue weighted by molar-refractivity contribution is 0.0923. The molecule has 134 valence electrons. The Kier molecular flexibility index (Phi) is 5.24. The van der Waals surface area contributed by atoms with Gasteiger partial charge in [0, 0.05) is 31.0 Å². The topological polar surface area (TPSA) is 82.3 Å². The summed E-state index contributed by atoms with van der Waals surface area (Å²) < 4.78 is 26.6. The maximum Gasteiger partial charge on any atom is 0.253 e. The van der Waals surface area contributed by atoms with E-state index < -0.39 is 10.0 Å². The van der Waals surface area contributed by atoms with Crippen LogP contribution in [0.5, 0.6) is 0 Å². The molecule has 0 unspecified atom stereocenters. The summed E-state index contributed by atoms with van der Waals surface area (Å²) in [5.41, 5.74) is 2.26. The minimum absolute atomic E-state index is 0.00461. The third-order valence-electron chi connectivity index (χ3n) is 4.57. The Morgan fingerprint density at radius 1 is 1.20 bits per heavy atom. The normalized spacial score (nSPS) is 16.7. The van der Waals surface area contributed by atoms with Crippen LogP contribution in [-0.2, 0) is 15.8 Å². The van der Waals surface area contributed by atoms with Crippen LogP contribution < -0.4 is 5.32 Å². The zero-order valence-corrected chi connectivity index (χ0v) is 15.1. The molecular formula is C18H23N3O3S. The molecule has 0 atom stereocenters. The fourth-order valence-corrected chi connectivity index (χ4v) is 4.68. The van der Waals surface area contributed by atoms with Gasteiger partial charge in [0.15, 0.2) is 0 Å². The number of nitrogens with zero attached hydrogens (tertiary/aromatic N) is 1. The van der Waals surface area contributed by atoms with Crippen molar-refractivity contribution in [3.8, 4) is 0 Å². The quantitative estimate of drug-likeness (QED) is 0.855. The summed E-state index contributed by atoms with van der Waals surface area (Å²) in [6.07, 6.45) is 3.00. The first-order valence-electron chi connectivity index (χ1n) is 8.42. The lowest BCUT2D eigenvalue weighted by Crippen LogP contribution is -2.46. The second-order valence-corrected chi connectivity index (χ2v) is 8.37. The molecule has 0 bridgehead atoms. The molecule has 1 aromatic heterocycles. The van der Waals surface area contributed by atoms with E-state index in [2.05, 4.69) is 10.3 Å². The number of sulfonamides is 1. The monoisotopic (exact) mass is 361 g/mol. The molecule has 2 N–H and O–H groups in total. The van der Waals surface area contributed by atoms with Crippen molar-refractivity contribution in [3.63, 3.8) is 0 Å². The van der Waals surface area contributed by atoms with Crippen molar-refractivity contribution in [3.05, 3.63) is 59.4 Å². The number of carbonyl (C=O) groups is 1. The number of hydrogen-bond acceptors (Lipinski definition) is 3. The minimum Gasteiger partial charge on any atom is -0.365 e. The summed E-state index contributed by atoms with van der Waals surface area (Å²) in [4.78, 5) is 15.2. The molecule has 1 aromatic carbocycles. The summed E-state index contributed by atoms with van der Waals surface area (Å²) >= 11 is 0. The molecular weight excluding hydrogens is 338 g/mol. The Labute approximate surface area is 148 Å². The molecule has 2 heterocycles. The number of amides is 1. The van der Waals surface area contributed by atoms with Crippen LogP contribution >= 0.6 is 0 Å². The molecule has 25 heavy (non-hydrogen) atoms. The standard InChI is InChI=1S/C18H23N3O3S/c1-14-17(7-10-19-14)18(22)20-16-8-11-21(12-9-16)25(23,24)13-15-5-3-2-4-6-15/h2-7,10,16,19H,8-9,11-13H2,1H3,(H,20,22). The highest BCUT2D eigenvalue weighted by molar-refractivity contribution is 7.88. The van der Waals surface area contributed by atoms with Gasteiger partial charge in [-0.2, -0.15) is 0 Å². The maximum atomic E-state index is 12.5. The zero-order chi connectivity index (χ0) is 17.9. The first-order valence-corrected chi connectivity index (χ1v) is 10.0. The van der Waals surface area contributed by atoms with E-state index in [0.717, 1.165) is 11.3 Å². The maximum absolute atomic E-state index is 12.5. The molecule has 1 saturated heterocycles. The van der Waals surface area contributed by atoms with E-state index >= 15 is 0 Å². The molecule has 0 saturated carbocycles. The molecule has 1 fully saturated rings. The molecule has 0 radical (unpaired) electrons. The van der Waals surface area contributed by atoms with Crippen molar-refractivity contribution in [2.75, 3.05) is 13.1 Å². The van der Waals surface area contributed by atoms with E-state index in [4.69, 9.17) is 0 Å². The van der Waals surface area contributed by atoms with Gasteiger partial charge < -0.3 is 10.3 Å². The molecule has 3 rings (SSSR count). The summed E-state index contributed by atoms with van der Waals surface area (Å²) in [6.45, 7) is 2.73. The molecule has 7 heteroatoms. The van der Waals surface area contributed by atoms with Gasteiger partial charge in [0.25, 0.3) is 5.91 Å². The molecule has 1 aliphatic rings. The third kappa shape index (κ3) is 4.29. The number of aromatic nitrogens is 1. The van der Waals surface area contributed by atoms with E-state index in [0.29, 0.717) is 31.5 Å². The van der Waals surface area contributed by atoms with Gasteiger partial charge in [0.05, 0.1) is 11.3 Å². The number of H-pyrrole nitrogens is 1. The molecule has 1 aliphatic heterocycles. The Hall–Kier alpha value is -2.12. The summed E-state index contributed by atoms with van der Waals surface area (Å²) in [6, 6.07) is 11.0. The average molecular weight is 361 g/mol. The number of rotatable bonds is 5. The van der Waals surface area contributed by atoms with Crippen molar-refractivity contribution in [2.24, 2.45) is 0 Å². The summed E-state index contributed by atoms with van der Waals surface area (Å²) in [5.74, 6) is -0.0858.